The SMILES string of the molecule is Cc1ccc2nc(NC(=O)[C@@H](NC(=O)c3ccco3)C(C)C)sc2c1. The Kier molecular flexibility index (Phi) is 4.85. The molecule has 0 unspecified atom stereocenters. The highest BCUT2D eigenvalue weighted by Gasteiger charge is 2.26. The summed E-state index contributed by atoms with van der Waals surface area (Å²) in [4.78, 5) is 29.2. The average Bonchev–Trinajstić information content (AvgIpc) is 3.20. The number of aryl methyl sites for hydroxylation is 1. The number of hydrogen-bond acceptors (Lipinski definition) is 5. The van der Waals surface area contributed by atoms with Gasteiger partial charge in [0.1, 0.15) is 6.04 Å². The highest BCUT2D eigenvalue weighted by molar-refractivity contribution is 7.22. The Bertz CT molecular complexity index is 900. The Labute approximate surface area is 149 Å². The van der Waals surface area contributed by atoms with Gasteiger partial charge in [-0.15, -0.1) is 0 Å². The first-order valence-corrected chi connectivity index (χ1v) is 8.78. The van der Waals surface area contributed by atoms with Crippen molar-refractivity contribution in [2.45, 2.75) is 26.8 Å². The second-order valence-electron chi connectivity index (χ2n) is 6.15. The van der Waals surface area contributed by atoms with Crippen LogP contribution in [-0.4, -0.2) is 22.8 Å². The van der Waals surface area contributed by atoms with Crippen LogP contribution in [-0.2, 0) is 4.79 Å². The van der Waals surface area contributed by atoms with E-state index in [-0.39, 0.29) is 17.6 Å². The Morgan fingerprint density at radius 3 is 2.72 bits per heavy atom. The van der Waals surface area contributed by atoms with E-state index in [9.17, 15) is 9.59 Å². The largest absolute Gasteiger partial charge is 0.459 e. The van der Waals surface area contributed by atoms with Gasteiger partial charge in [-0.25, -0.2) is 4.98 Å². The van der Waals surface area contributed by atoms with Gasteiger partial charge in [-0.05, 0) is 42.7 Å². The molecule has 3 rings (SSSR count). The van der Waals surface area contributed by atoms with Crippen LogP contribution in [0.4, 0.5) is 5.13 Å². The van der Waals surface area contributed by atoms with E-state index in [0.29, 0.717) is 5.13 Å². The lowest BCUT2D eigenvalue weighted by Crippen LogP contribution is -2.47. The number of nitrogens with zero attached hydrogens (tertiary/aromatic N) is 1. The maximum atomic E-state index is 12.6. The number of rotatable bonds is 5. The van der Waals surface area contributed by atoms with Crippen molar-refractivity contribution in [2.24, 2.45) is 5.92 Å². The molecule has 2 heterocycles. The molecule has 0 fully saturated rings. The van der Waals surface area contributed by atoms with Gasteiger partial charge >= 0.3 is 0 Å². The van der Waals surface area contributed by atoms with Gasteiger partial charge in [0.2, 0.25) is 5.91 Å². The smallest absolute Gasteiger partial charge is 0.287 e. The van der Waals surface area contributed by atoms with Gasteiger partial charge in [-0.3, -0.25) is 9.59 Å². The fourth-order valence-corrected chi connectivity index (χ4v) is 3.39. The van der Waals surface area contributed by atoms with Crippen molar-refractivity contribution in [3.8, 4) is 0 Å². The molecule has 6 nitrogen and oxygen atoms in total. The number of furan rings is 1. The van der Waals surface area contributed by atoms with Crippen molar-refractivity contribution in [1.82, 2.24) is 10.3 Å². The summed E-state index contributed by atoms with van der Waals surface area (Å²) in [5.41, 5.74) is 1.98. The number of carbonyl (C=O) groups is 2. The molecule has 0 saturated heterocycles. The van der Waals surface area contributed by atoms with E-state index >= 15 is 0 Å². The summed E-state index contributed by atoms with van der Waals surface area (Å²) in [6.45, 7) is 5.75. The summed E-state index contributed by atoms with van der Waals surface area (Å²) < 4.78 is 6.08. The average molecular weight is 357 g/mol. The standard InChI is InChI=1S/C18H19N3O3S/c1-10(2)15(20-16(22)13-5-4-8-24-13)17(23)21-18-19-12-7-6-11(3)9-14(12)25-18/h4-10,15H,1-3H3,(H,20,22)(H,19,21,23)/t15-/m0/s1. The van der Waals surface area contributed by atoms with Crippen molar-refractivity contribution < 1.29 is 14.0 Å². The van der Waals surface area contributed by atoms with Gasteiger partial charge in [-0.1, -0.05) is 31.3 Å². The molecule has 25 heavy (non-hydrogen) atoms. The lowest BCUT2D eigenvalue weighted by atomic mass is 10.0. The molecule has 2 amide bonds. The molecule has 0 bridgehead atoms. The second-order valence-corrected chi connectivity index (χ2v) is 7.18. The molecule has 0 aliphatic carbocycles. The molecule has 2 aromatic heterocycles. The van der Waals surface area contributed by atoms with E-state index in [2.05, 4.69) is 15.6 Å². The molecule has 130 valence electrons. The van der Waals surface area contributed by atoms with Crippen molar-refractivity contribution in [3.63, 3.8) is 0 Å². The maximum absolute atomic E-state index is 12.6. The minimum atomic E-state index is -0.689. The summed E-state index contributed by atoms with van der Waals surface area (Å²) in [5.74, 6) is -0.631. The summed E-state index contributed by atoms with van der Waals surface area (Å²) in [5, 5.41) is 6.04. The topological polar surface area (TPSA) is 84.2 Å². The maximum Gasteiger partial charge on any atom is 0.287 e. The molecule has 0 saturated carbocycles. The van der Waals surface area contributed by atoms with Crippen molar-refractivity contribution in [1.29, 1.82) is 0 Å². The summed E-state index contributed by atoms with van der Waals surface area (Å²) in [7, 11) is 0. The molecule has 7 heteroatoms. The molecule has 1 atom stereocenters. The van der Waals surface area contributed by atoms with Crippen LogP contribution in [0.2, 0.25) is 0 Å². The Hall–Kier alpha value is -2.67. The number of fused-ring (bicyclic) bond motifs is 1. The van der Waals surface area contributed by atoms with Gasteiger partial charge in [0.05, 0.1) is 16.5 Å². The molecule has 3 aromatic rings. The van der Waals surface area contributed by atoms with Crippen LogP contribution in [0.1, 0.15) is 30.0 Å². The normalized spacial score (nSPS) is 12.3. The van der Waals surface area contributed by atoms with Crippen LogP contribution in [0, 0.1) is 12.8 Å². The van der Waals surface area contributed by atoms with E-state index in [1.165, 1.54) is 17.6 Å². The predicted octanol–water partition coefficient (Wildman–Crippen LogP) is 3.59. The first kappa shape index (κ1) is 17.2. The quantitative estimate of drug-likeness (QED) is 0.731. The Balaban J connectivity index is 1.74. The van der Waals surface area contributed by atoms with Crippen LogP contribution in [0.15, 0.2) is 41.0 Å². The van der Waals surface area contributed by atoms with E-state index in [1.807, 2.05) is 39.0 Å². The third-order valence-corrected chi connectivity index (χ3v) is 4.69. The first-order valence-electron chi connectivity index (χ1n) is 7.96. The first-order chi connectivity index (χ1) is 11.9. The number of carbonyl (C=O) groups excluding carboxylic acids is 2. The minimum Gasteiger partial charge on any atom is -0.459 e. The molecule has 2 N–H and O–H groups in total. The van der Waals surface area contributed by atoms with Crippen LogP contribution < -0.4 is 10.6 Å². The lowest BCUT2D eigenvalue weighted by Gasteiger charge is -2.20. The Morgan fingerprint density at radius 2 is 2.04 bits per heavy atom. The number of benzene rings is 1. The molecule has 0 aliphatic heterocycles. The van der Waals surface area contributed by atoms with Gasteiger partial charge in [-0.2, -0.15) is 0 Å². The van der Waals surface area contributed by atoms with E-state index in [1.54, 1.807) is 12.1 Å². The lowest BCUT2D eigenvalue weighted by molar-refractivity contribution is -0.118. The minimum absolute atomic E-state index is 0.0875. The molecular formula is C18H19N3O3S. The van der Waals surface area contributed by atoms with Crippen LogP contribution in [0.25, 0.3) is 10.2 Å². The summed E-state index contributed by atoms with van der Waals surface area (Å²) >= 11 is 1.41. The number of aromatic nitrogens is 1. The van der Waals surface area contributed by atoms with Gasteiger partial charge < -0.3 is 15.1 Å². The van der Waals surface area contributed by atoms with Crippen molar-refractivity contribution >= 4 is 38.5 Å². The van der Waals surface area contributed by atoms with Crippen LogP contribution in [0.5, 0.6) is 0 Å². The van der Waals surface area contributed by atoms with E-state index in [0.717, 1.165) is 15.8 Å². The highest BCUT2D eigenvalue weighted by atomic mass is 32.1. The molecule has 0 radical (unpaired) electrons. The molecule has 0 spiro atoms. The second kappa shape index (κ2) is 7.06. The summed E-state index contributed by atoms with van der Waals surface area (Å²) in [6, 6.07) is 8.43. The number of nitrogens with one attached hydrogen (secondary N) is 2. The predicted molar refractivity (Wildman–Crippen MR) is 97.8 cm³/mol. The fourth-order valence-electron chi connectivity index (χ4n) is 2.42. The van der Waals surface area contributed by atoms with Gasteiger partial charge in [0.25, 0.3) is 5.91 Å². The number of hydrogen-bond donors (Lipinski definition) is 2. The van der Waals surface area contributed by atoms with Crippen molar-refractivity contribution in [3.05, 3.63) is 47.9 Å². The number of anilines is 1. The summed E-state index contributed by atoms with van der Waals surface area (Å²) in [6.07, 6.45) is 1.42. The van der Waals surface area contributed by atoms with Crippen LogP contribution >= 0.6 is 11.3 Å². The molecule has 1 aromatic carbocycles. The van der Waals surface area contributed by atoms with Gasteiger partial charge in [0, 0.05) is 0 Å². The van der Waals surface area contributed by atoms with E-state index in [4.69, 9.17) is 4.42 Å². The third-order valence-electron chi connectivity index (χ3n) is 3.75. The molecule has 0 aliphatic rings. The number of thiazole rings is 1. The molecular weight excluding hydrogens is 338 g/mol. The number of amides is 2. The van der Waals surface area contributed by atoms with E-state index < -0.39 is 11.9 Å². The highest BCUT2D eigenvalue weighted by Crippen LogP contribution is 2.27. The third kappa shape index (κ3) is 3.88. The Morgan fingerprint density at radius 1 is 1.24 bits per heavy atom. The zero-order valence-corrected chi connectivity index (χ0v) is 15.0. The fraction of sp³-hybridized carbons (Fsp3) is 0.278. The van der Waals surface area contributed by atoms with Gasteiger partial charge in [0.15, 0.2) is 10.9 Å². The van der Waals surface area contributed by atoms with Crippen LogP contribution in [0.3, 0.4) is 0 Å². The zero-order valence-electron chi connectivity index (χ0n) is 14.2. The monoisotopic (exact) mass is 357 g/mol. The van der Waals surface area contributed by atoms with Crippen molar-refractivity contribution in [2.75, 3.05) is 5.32 Å². The zero-order chi connectivity index (χ0) is 18.0.